The lowest BCUT2D eigenvalue weighted by Crippen LogP contribution is -2.27. The Kier molecular flexibility index (Phi) is 4.14. The highest BCUT2D eigenvalue weighted by molar-refractivity contribution is 6.33. The summed E-state index contributed by atoms with van der Waals surface area (Å²) in [5.41, 5.74) is -0.166. The molecule has 1 aliphatic heterocycles. The van der Waals surface area contributed by atoms with Crippen LogP contribution in [0, 0.1) is 11.6 Å². The molecule has 1 unspecified atom stereocenters. The zero-order valence-electron chi connectivity index (χ0n) is 9.60. The van der Waals surface area contributed by atoms with Crippen LogP contribution in [0.1, 0.15) is 19.3 Å². The average Bonchev–Trinajstić information content (AvgIpc) is 2.76. The first-order chi connectivity index (χ1) is 8.56. The van der Waals surface area contributed by atoms with Crippen LogP contribution in [0.2, 0.25) is 5.02 Å². The molecule has 1 atom stereocenters. The number of benzene rings is 1. The summed E-state index contributed by atoms with van der Waals surface area (Å²) in [5, 5.41) is 5.41. The number of halogens is 3. The molecule has 1 aromatic carbocycles. The molecule has 1 amide bonds. The number of carbonyl (C=O) groups excluding carboxylic acids is 1. The van der Waals surface area contributed by atoms with Crippen molar-refractivity contribution in [2.24, 2.45) is 0 Å². The minimum Gasteiger partial charge on any atom is -0.322 e. The maximum Gasteiger partial charge on any atom is 0.226 e. The second kappa shape index (κ2) is 5.63. The minimum absolute atomic E-state index is 0.118. The fourth-order valence-electron chi connectivity index (χ4n) is 2.01. The molecule has 18 heavy (non-hydrogen) atoms. The Hall–Kier alpha value is -1.20. The van der Waals surface area contributed by atoms with E-state index in [1.165, 1.54) is 0 Å². The Bertz CT molecular complexity index is 438. The van der Waals surface area contributed by atoms with Gasteiger partial charge in [0.25, 0.3) is 0 Å². The van der Waals surface area contributed by atoms with Crippen LogP contribution in [0.25, 0.3) is 0 Å². The topological polar surface area (TPSA) is 41.1 Å². The van der Waals surface area contributed by atoms with Gasteiger partial charge in [-0.2, -0.15) is 0 Å². The molecule has 0 aromatic heterocycles. The summed E-state index contributed by atoms with van der Waals surface area (Å²) in [4.78, 5) is 11.7. The molecule has 1 heterocycles. The van der Waals surface area contributed by atoms with E-state index in [1.54, 1.807) is 0 Å². The van der Waals surface area contributed by atoms with E-state index in [1.807, 2.05) is 0 Å². The molecule has 2 N–H and O–H groups in total. The number of rotatable bonds is 3. The van der Waals surface area contributed by atoms with Crippen molar-refractivity contribution in [2.45, 2.75) is 25.3 Å². The summed E-state index contributed by atoms with van der Waals surface area (Å²) >= 11 is 5.69. The van der Waals surface area contributed by atoms with Gasteiger partial charge in [-0.1, -0.05) is 11.6 Å². The number of hydrogen-bond acceptors (Lipinski definition) is 2. The van der Waals surface area contributed by atoms with E-state index >= 15 is 0 Å². The van der Waals surface area contributed by atoms with Crippen LogP contribution in [0.5, 0.6) is 0 Å². The average molecular weight is 275 g/mol. The van der Waals surface area contributed by atoms with Gasteiger partial charge in [0.1, 0.15) is 5.82 Å². The Morgan fingerprint density at radius 3 is 2.89 bits per heavy atom. The lowest BCUT2D eigenvalue weighted by molar-refractivity contribution is -0.116. The zero-order valence-corrected chi connectivity index (χ0v) is 10.4. The van der Waals surface area contributed by atoms with Gasteiger partial charge in [-0.25, -0.2) is 8.78 Å². The van der Waals surface area contributed by atoms with Crippen molar-refractivity contribution in [3.8, 4) is 0 Å². The van der Waals surface area contributed by atoms with Crippen LogP contribution in [-0.2, 0) is 4.79 Å². The maximum absolute atomic E-state index is 13.4. The summed E-state index contributed by atoms with van der Waals surface area (Å²) in [6, 6.07) is 1.77. The van der Waals surface area contributed by atoms with Crippen LogP contribution >= 0.6 is 11.6 Å². The lowest BCUT2D eigenvalue weighted by Gasteiger charge is -2.12. The first kappa shape index (κ1) is 13.2. The van der Waals surface area contributed by atoms with Crippen molar-refractivity contribution in [1.82, 2.24) is 5.32 Å². The quantitative estimate of drug-likeness (QED) is 0.890. The molecular formula is C12H13ClF2N2O. The third kappa shape index (κ3) is 3.17. The smallest absolute Gasteiger partial charge is 0.226 e. The van der Waals surface area contributed by atoms with Crippen molar-refractivity contribution in [1.29, 1.82) is 0 Å². The van der Waals surface area contributed by atoms with Crippen molar-refractivity contribution in [3.05, 3.63) is 28.8 Å². The summed E-state index contributed by atoms with van der Waals surface area (Å²) in [7, 11) is 0. The number of anilines is 1. The van der Waals surface area contributed by atoms with Crippen LogP contribution in [-0.4, -0.2) is 18.5 Å². The molecule has 0 radical (unpaired) electrons. The second-order valence-corrected chi connectivity index (χ2v) is 4.70. The van der Waals surface area contributed by atoms with Crippen molar-refractivity contribution < 1.29 is 13.6 Å². The van der Waals surface area contributed by atoms with E-state index < -0.39 is 11.6 Å². The number of hydrogen-bond donors (Lipinski definition) is 2. The van der Waals surface area contributed by atoms with Gasteiger partial charge in [0.2, 0.25) is 5.91 Å². The summed E-state index contributed by atoms with van der Waals surface area (Å²) in [6.45, 7) is 0.892. The zero-order chi connectivity index (χ0) is 13.1. The maximum atomic E-state index is 13.4. The third-order valence-corrected chi connectivity index (χ3v) is 3.16. The molecule has 1 aliphatic rings. The molecule has 2 rings (SSSR count). The fourth-order valence-corrected chi connectivity index (χ4v) is 2.25. The molecule has 3 nitrogen and oxygen atoms in total. The normalized spacial score (nSPS) is 18.9. The monoisotopic (exact) mass is 274 g/mol. The largest absolute Gasteiger partial charge is 0.322 e. The van der Waals surface area contributed by atoms with Gasteiger partial charge in [0.05, 0.1) is 10.7 Å². The molecule has 1 fully saturated rings. The predicted octanol–water partition coefficient (Wildman–Crippen LogP) is 2.70. The van der Waals surface area contributed by atoms with Gasteiger partial charge in [0, 0.05) is 18.5 Å². The first-order valence-corrected chi connectivity index (χ1v) is 6.12. The van der Waals surface area contributed by atoms with E-state index in [0.29, 0.717) is 6.07 Å². The highest BCUT2D eigenvalue weighted by Crippen LogP contribution is 2.26. The van der Waals surface area contributed by atoms with Crippen LogP contribution in [0.15, 0.2) is 12.1 Å². The second-order valence-electron chi connectivity index (χ2n) is 4.29. The number of carbonyl (C=O) groups is 1. The number of nitrogens with one attached hydrogen (secondary N) is 2. The molecular weight excluding hydrogens is 262 g/mol. The summed E-state index contributed by atoms with van der Waals surface area (Å²) in [5.74, 6) is -1.97. The summed E-state index contributed by atoms with van der Waals surface area (Å²) < 4.78 is 26.3. The molecule has 1 aromatic rings. The Balaban J connectivity index is 2.02. The first-order valence-electron chi connectivity index (χ1n) is 5.74. The van der Waals surface area contributed by atoms with Crippen LogP contribution < -0.4 is 10.6 Å². The molecule has 6 heteroatoms. The Morgan fingerprint density at radius 1 is 1.50 bits per heavy atom. The fraction of sp³-hybridized carbons (Fsp3) is 0.417. The summed E-state index contributed by atoms with van der Waals surface area (Å²) in [6.07, 6.45) is 2.21. The Morgan fingerprint density at radius 2 is 2.28 bits per heavy atom. The van der Waals surface area contributed by atoms with Gasteiger partial charge in [0.15, 0.2) is 5.82 Å². The molecule has 98 valence electrons. The molecule has 0 bridgehead atoms. The van der Waals surface area contributed by atoms with E-state index in [4.69, 9.17) is 11.6 Å². The van der Waals surface area contributed by atoms with Gasteiger partial charge >= 0.3 is 0 Å². The van der Waals surface area contributed by atoms with Crippen LogP contribution in [0.4, 0.5) is 14.5 Å². The molecule has 0 spiro atoms. The minimum atomic E-state index is -0.868. The van der Waals surface area contributed by atoms with Crippen LogP contribution in [0.3, 0.4) is 0 Å². The molecule has 0 saturated carbocycles. The van der Waals surface area contributed by atoms with E-state index in [0.717, 1.165) is 25.5 Å². The standard InChI is InChI=1S/C12H13ClF2N2O/c13-9-4-7(14)5-10(15)12(9)17-11(18)6-8-2-1-3-16-8/h4-5,8,16H,1-3,6H2,(H,17,18). The van der Waals surface area contributed by atoms with Gasteiger partial charge < -0.3 is 10.6 Å². The van der Waals surface area contributed by atoms with E-state index in [2.05, 4.69) is 10.6 Å². The molecule has 0 aliphatic carbocycles. The van der Waals surface area contributed by atoms with Gasteiger partial charge in [-0.3, -0.25) is 4.79 Å². The van der Waals surface area contributed by atoms with Crippen molar-refractivity contribution >= 4 is 23.2 Å². The highest BCUT2D eigenvalue weighted by Gasteiger charge is 2.19. The van der Waals surface area contributed by atoms with Gasteiger partial charge in [-0.15, -0.1) is 0 Å². The molecule has 1 saturated heterocycles. The highest BCUT2D eigenvalue weighted by atomic mass is 35.5. The SMILES string of the molecule is O=C(CC1CCCN1)Nc1c(F)cc(F)cc1Cl. The van der Waals surface area contributed by atoms with Crippen molar-refractivity contribution in [2.75, 3.05) is 11.9 Å². The number of amides is 1. The lowest BCUT2D eigenvalue weighted by atomic mass is 10.1. The van der Waals surface area contributed by atoms with Crippen molar-refractivity contribution in [3.63, 3.8) is 0 Å². The van der Waals surface area contributed by atoms with E-state index in [-0.39, 0.29) is 29.1 Å². The van der Waals surface area contributed by atoms with E-state index in [9.17, 15) is 13.6 Å². The van der Waals surface area contributed by atoms with Gasteiger partial charge in [-0.05, 0) is 25.5 Å². The predicted molar refractivity (Wildman–Crippen MR) is 65.6 cm³/mol. The Labute approximate surface area is 109 Å². The third-order valence-electron chi connectivity index (χ3n) is 2.87.